The molecule has 0 saturated carbocycles. The van der Waals surface area contributed by atoms with Crippen molar-refractivity contribution in [2.24, 2.45) is 0 Å². The first kappa shape index (κ1) is 15.2. The molecule has 0 N–H and O–H groups in total. The van der Waals surface area contributed by atoms with Gasteiger partial charge in [-0.25, -0.2) is 0 Å². The van der Waals surface area contributed by atoms with Crippen molar-refractivity contribution in [3.05, 3.63) is 50.6 Å². The summed E-state index contributed by atoms with van der Waals surface area (Å²) in [4.78, 5) is 12.6. The molecule has 0 bridgehead atoms. The van der Waals surface area contributed by atoms with Crippen molar-refractivity contribution in [3.63, 3.8) is 0 Å². The Hall–Kier alpha value is -1.17. The maximum Gasteiger partial charge on any atom is 0.210 e. The molecule has 0 aliphatic rings. The summed E-state index contributed by atoms with van der Waals surface area (Å²) in [6.07, 6.45) is 0.874. The molecule has 1 aromatic heterocycles. The van der Waals surface area contributed by atoms with E-state index in [1.54, 1.807) is 13.2 Å². The minimum absolute atomic E-state index is 0.0100. The Kier molecular flexibility index (Phi) is 5.76. The summed E-state index contributed by atoms with van der Waals surface area (Å²) in [6.45, 7) is 0.760. The summed E-state index contributed by atoms with van der Waals surface area (Å²) in [5, 5.41) is 0. The molecule has 0 fully saturated rings. The number of halogens is 1. The summed E-state index contributed by atoms with van der Waals surface area (Å²) in [5.41, 5.74) is 1.19. The van der Waals surface area contributed by atoms with Crippen LogP contribution in [-0.2, 0) is 11.2 Å². The Morgan fingerprint density at radius 1 is 1.20 bits per heavy atom. The molecule has 20 heavy (non-hydrogen) atoms. The summed E-state index contributed by atoms with van der Waals surface area (Å²) < 4.78 is 11.5. The molecule has 2 aromatic rings. The van der Waals surface area contributed by atoms with E-state index in [9.17, 15) is 4.79 Å². The predicted octanol–water partition coefficient (Wildman–Crippen LogP) is 3.96. The number of carbonyl (C=O) groups is 1. The molecule has 0 aliphatic heterocycles. The van der Waals surface area contributed by atoms with Crippen LogP contribution in [-0.4, -0.2) is 26.1 Å². The highest BCUT2D eigenvalue weighted by atomic mass is 79.9. The second-order valence-electron chi connectivity index (χ2n) is 4.20. The highest BCUT2D eigenvalue weighted by Gasteiger charge is 2.09. The minimum Gasteiger partial charge on any atom is -0.485 e. The lowest BCUT2D eigenvalue weighted by atomic mass is 10.1. The lowest BCUT2D eigenvalue weighted by Crippen LogP contribution is -2.10. The number of hydrogen-bond acceptors (Lipinski definition) is 4. The van der Waals surface area contributed by atoms with Gasteiger partial charge in [0.15, 0.2) is 6.61 Å². The van der Waals surface area contributed by atoms with Crippen LogP contribution in [0, 0.1) is 0 Å². The molecule has 5 heteroatoms. The van der Waals surface area contributed by atoms with E-state index in [-0.39, 0.29) is 12.4 Å². The fraction of sp³-hybridized carbons (Fsp3) is 0.267. The standard InChI is InChI=1S/C15H15BrO3S/c1-18-9-8-11-2-4-12(5-3-11)19-10-13(17)14-6-7-15(16)20-14/h2-7H,8-10H2,1H3. The molecule has 0 saturated heterocycles. The number of rotatable bonds is 7. The van der Waals surface area contributed by atoms with Crippen LogP contribution in [0.3, 0.4) is 0 Å². The lowest BCUT2D eigenvalue weighted by molar-refractivity contribution is 0.0925. The van der Waals surface area contributed by atoms with Crippen LogP contribution in [0.5, 0.6) is 5.75 Å². The van der Waals surface area contributed by atoms with Gasteiger partial charge in [-0.15, -0.1) is 11.3 Å². The average molecular weight is 355 g/mol. The van der Waals surface area contributed by atoms with Crippen molar-refractivity contribution in [1.82, 2.24) is 0 Å². The highest BCUT2D eigenvalue weighted by Crippen LogP contribution is 2.22. The third kappa shape index (κ3) is 4.44. The van der Waals surface area contributed by atoms with Gasteiger partial charge in [0.05, 0.1) is 15.3 Å². The van der Waals surface area contributed by atoms with E-state index in [2.05, 4.69) is 15.9 Å². The number of ether oxygens (including phenoxy) is 2. The van der Waals surface area contributed by atoms with Gasteiger partial charge in [-0.2, -0.15) is 0 Å². The lowest BCUT2D eigenvalue weighted by Gasteiger charge is -2.06. The highest BCUT2D eigenvalue weighted by molar-refractivity contribution is 9.11. The number of hydrogen-bond donors (Lipinski definition) is 0. The largest absolute Gasteiger partial charge is 0.485 e. The van der Waals surface area contributed by atoms with E-state index < -0.39 is 0 Å². The molecule has 0 radical (unpaired) electrons. The molecule has 0 spiro atoms. The molecule has 0 atom stereocenters. The molecule has 2 rings (SSSR count). The number of methoxy groups -OCH3 is 1. The second kappa shape index (κ2) is 7.57. The summed E-state index contributed by atoms with van der Waals surface area (Å²) in [6, 6.07) is 11.4. The van der Waals surface area contributed by atoms with E-state index in [4.69, 9.17) is 9.47 Å². The Balaban J connectivity index is 1.86. The van der Waals surface area contributed by atoms with Crippen molar-refractivity contribution in [2.45, 2.75) is 6.42 Å². The molecular formula is C15H15BrO3S. The molecule has 0 aliphatic carbocycles. The third-order valence-electron chi connectivity index (χ3n) is 2.74. The van der Waals surface area contributed by atoms with E-state index in [0.717, 1.165) is 10.2 Å². The number of Topliss-reactive ketones (excluding diaryl/α,β-unsaturated/α-hetero) is 1. The van der Waals surface area contributed by atoms with Crippen molar-refractivity contribution in [2.75, 3.05) is 20.3 Å². The van der Waals surface area contributed by atoms with Gasteiger partial charge in [-0.1, -0.05) is 12.1 Å². The van der Waals surface area contributed by atoms with Gasteiger partial charge in [-0.05, 0) is 52.2 Å². The van der Waals surface area contributed by atoms with Gasteiger partial charge in [0.1, 0.15) is 5.75 Å². The van der Waals surface area contributed by atoms with Gasteiger partial charge in [-0.3, -0.25) is 4.79 Å². The zero-order chi connectivity index (χ0) is 14.4. The predicted molar refractivity (Wildman–Crippen MR) is 83.9 cm³/mol. The number of benzene rings is 1. The fourth-order valence-corrected chi connectivity index (χ4v) is 2.97. The van der Waals surface area contributed by atoms with Gasteiger partial charge in [0.2, 0.25) is 5.78 Å². The monoisotopic (exact) mass is 354 g/mol. The molecule has 3 nitrogen and oxygen atoms in total. The molecule has 106 valence electrons. The van der Waals surface area contributed by atoms with Crippen LogP contribution >= 0.6 is 27.3 Å². The van der Waals surface area contributed by atoms with Crippen LogP contribution in [0.1, 0.15) is 15.2 Å². The Morgan fingerprint density at radius 3 is 2.55 bits per heavy atom. The second-order valence-corrected chi connectivity index (χ2v) is 6.67. The first-order valence-corrected chi connectivity index (χ1v) is 7.79. The molecule has 0 amide bonds. The van der Waals surface area contributed by atoms with Crippen molar-refractivity contribution in [3.8, 4) is 5.75 Å². The zero-order valence-electron chi connectivity index (χ0n) is 11.1. The van der Waals surface area contributed by atoms with Gasteiger partial charge < -0.3 is 9.47 Å². The number of ketones is 1. The van der Waals surface area contributed by atoms with Crippen LogP contribution in [0.25, 0.3) is 0 Å². The topological polar surface area (TPSA) is 35.5 Å². The molecule has 1 heterocycles. The van der Waals surface area contributed by atoms with Crippen LogP contribution in [0.4, 0.5) is 0 Å². The van der Waals surface area contributed by atoms with Crippen LogP contribution < -0.4 is 4.74 Å². The van der Waals surface area contributed by atoms with Crippen molar-refractivity contribution >= 4 is 33.0 Å². The average Bonchev–Trinajstić information content (AvgIpc) is 2.90. The van der Waals surface area contributed by atoms with Gasteiger partial charge in [0.25, 0.3) is 0 Å². The van der Waals surface area contributed by atoms with E-state index in [0.29, 0.717) is 17.2 Å². The first-order chi connectivity index (χ1) is 9.69. The van der Waals surface area contributed by atoms with Gasteiger partial charge in [0, 0.05) is 7.11 Å². The Labute approximate surface area is 130 Å². The zero-order valence-corrected chi connectivity index (χ0v) is 13.5. The molecular weight excluding hydrogens is 340 g/mol. The van der Waals surface area contributed by atoms with Crippen LogP contribution in [0.15, 0.2) is 40.2 Å². The third-order valence-corrected chi connectivity index (χ3v) is 4.40. The quantitative estimate of drug-likeness (QED) is 0.706. The normalized spacial score (nSPS) is 10.5. The summed E-state index contributed by atoms with van der Waals surface area (Å²) >= 11 is 4.76. The first-order valence-electron chi connectivity index (χ1n) is 6.18. The van der Waals surface area contributed by atoms with Gasteiger partial charge >= 0.3 is 0 Å². The van der Waals surface area contributed by atoms with E-state index in [1.807, 2.05) is 30.3 Å². The Bertz CT molecular complexity index is 563. The van der Waals surface area contributed by atoms with Crippen molar-refractivity contribution in [1.29, 1.82) is 0 Å². The van der Waals surface area contributed by atoms with Crippen LogP contribution in [0.2, 0.25) is 0 Å². The smallest absolute Gasteiger partial charge is 0.210 e. The number of thiophene rings is 1. The molecule has 1 aromatic carbocycles. The number of carbonyl (C=O) groups excluding carboxylic acids is 1. The molecule has 0 unspecified atom stereocenters. The Morgan fingerprint density at radius 2 is 1.95 bits per heavy atom. The summed E-state index contributed by atoms with van der Waals surface area (Å²) in [5.74, 6) is 0.694. The maximum atomic E-state index is 11.9. The summed E-state index contributed by atoms with van der Waals surface area (Å²) in [7, 11) is 1.69. The van der Waals surface area contributed by atoms with E-state index in [1.165, 1.54) is 16.9 Å². The fourth-order valence-electron chi connectivity index (χ4n) is 1.66. The minimum atomic E-state index is -0.0100. The maximum absolute atomic E-state index is 11.9. The van der Waals surface area contributed by atoms with E-state index >= 15 is 0 Å². The van der Waals surface area contributed by atoms with Crippen molar-refractivity contribution < 1.29 is 14.3 Å². The SMILES string of the molecule is COCCc1ccc(OCC(=O)c2ccc(Br)s2)cc1.